The number of benzene rings is 1. The molecule has 1 heterocycles. The van der Waals surface area contributed by atoms with E-state index in [1.54, 1.807) is 0 Å². The first-order chi connectivity index (χ1) is 8.13. The predicted octanol–water partition coefficient (Wildman–Crippen LogP) is 0.558. The maximum atomic E-state index is 10.7. The molecular formula is C9H9F3N2O3S. The highest BCUT2D eigenvalue weighted by atomic mass is 32.2. The van der Waals surface area contributed by atoms with E-state index in [9.17, 15) is 13.2 Å². The van der Waals surface area contributed by atoms with Crippen LogP contribution in [0, 0.1) is 0 Å². The highest BCUT2D eigenvalue weighted by Crippen LogP contribution is 2.21. The number of nitrogens with one attached hydrogen (secondary N) is 1. The van der Waals surface area contributed by atoms with E-state index in [4.69, 9.17) is 13.0 Å². The van der Waals surface area contributed by atoms with Crippen LogP contribution in [-0.2, 0) is 10.1 Å². The topological polar surface area (TPSA) is 74.0 Å². The smallest absolute Gasteiger partial charge is 0.485 e. The van der Waals surface area contributed by atoms with Crippen molar-refractivity contribution < 1.29 is 31.0 Å². The molecular weight excluding hydrogens is 273 g/mol. The summed E-state index contributed by atoms with van der Waals surface area (Å²) >= 11 is 0. The van der Waals surface area contributed by atoms with Crippen LogP contribution in [0.1, 0.15) is 0 Å². The first-order valence-corrected chi connectivity index (χ1v) is 6.03. The number of rotatable bonds is 0. The zero-order chi connectivity index (χ0) is 14.0. The normalized spacial score (nSPS) is 17.9. The molecule has 1 aliphatic rings. The fourth-order valence-electron chi connectivity index (χ4n) is 1.16. The molecule has 1 aliphatic heterocycles. The number of aliphatic imine (C=N–C) groups is 1. The van der Waals surface area contributed by atoms with Crippen LogP contribution < -0.4 is 4.90 Å². The van der Waals surface area contributed by atoms with Gasteiger partial charge in [-0.1, -0.05) is 12.1 Å². The molecule has 0 saturated heterocycles. The molecule has 0 radical (unpaired) electrons. The van der Waals surface area contributed by atoms with Gasteiger partial charge in [-0.05, 0) is 6.07 Å². The molecule has 18 heavy (non-hydrogen) atoms. The van der Waals surface area contributed by atoms with E-state index in [1.165, 1.54) is 10.6 Å². The van der Waals surface area contributed by atoms with Crippen LogP contribution in [0.5, 0.6) is 0 Å². The van der Waals surface area contributed by atoms with Gasteiger partial charge < -0.3 is 4.55 Å². The lowest BCUT2D eigenvalue weighted by molar-refractivity contribution is -0.693. The quantitative estimate of drug-likeness (QED) is 0.558. The second kappa shape index (κ2) is 5.04. The van der Waals surface area contributed by atoms with Crippen molar-refractivity contribution in [2.75, 3.05) is 7.05 Å². The summed E-state index contributed by atoms with van der Waals surface area (Å²) in [5, 5.41) is 0. The van der Waals surface area contributed by atoms with Gasteiger partial charge in [0.05, 0.1) is 7.05 Å². The molecule has 1 aromatic rings. The standard InChI is InChI=1S/C8H8N2.CHF3O3S/c1-10-6-9-7-4-2-3-5-8(7)10;2-1(3,4)8(5,6)7/h2-6H,1H3;(H,5,6,7). The van der Waals surface area contributed by atoms with Gasteiger partial charge in [-0.25, -0.2) is 8.42 Å². The third kappa shape index (κ3) is 3.52. The fraction of sp³-hybridized carbons (Fsp3) is 0.222. The van der Waals surface area contributed by atoms with Crippen molar-refractivity contribution in [1.82, 2.24) is 0 Å². The second-order valence-corrected chi connectivity index (χ2v) is 4.73. The Morgan fingerprint density at radius 1 is 1.28 bits per heavy atom. The Hall–Kier alpha value is -1.45. The summed E-state index contributed by atoms with van der Waals surface area (Å²) in [6.07, 6.45) is 1.91. The maximum absolute atomic E-state index is 10.7. The summed E-state index contributed by atoms with van der Waals surface area (Å²) in [6, 6.07) is 8.17. The Labute approximate surface area is 101 Å². The Kier molecular flexibility index (Phi) is 4.09. The molecule has 0 amide bonds. The summed E-state index contributed by atoms with van der Waals surface area (Å²) in [5.74, 6) is 0. The van der Waals surface area contributed by atoms with Gasteiger partial charge in [-0.15, -0.1) is 0 Å². The number of hydrogen-bond acceptors (Lipinski definition) is 4. The minimum absolute atomic E-state index is 1.10. The molecule has 5 nitrogen and oxygen atoms in total. The number of halogens is 3. The van der Waals surface area contributed by atoms with Gasteiger partial charge in [0.15, 0.2) is 22.1 Å². The number of quaternary nitrogens is 1. The molecule has 100 valence electrons. The van der Waals surface area contributed by atoms with Crippen LogP contribution in [0.4, 0.5) is 24.5 Å². The van der Waals surface area contributed by atoms with Crippen molar-refractivity contribution in [2.24, 2.45) is 4.99 Å². The number of nitrogens with zero attached hydrogens (tertiary/aromatic N) is 1. The number of hydrogen-bond donors (Lipinski definition) is 1. The number of para-hydroxylation sites is 2. The Bertz CT molecular complexity index is 554. The molecule has 0 bridgehead atoms. The highest BCUT2D eigenvalue weighted by molar-refractivity contribution is 7.86. The largest absolute Gasteiger partial charge is 0.741 e. The Morgan fingerprint density at radius 2 is 1.78 bits per heavy atom. The number of alkyl halides is 3. The van der Waals surface area contributed by atoms with Crippen molar-refractivity contribution in [3.63, 3.8) is 0 Å². The van der Waals surface area contributed by atoms with Gasteiger partial charge in [0.1, 0.15) is 5.69 Å². The molecule has 2 rings (SSSR count). The van der Waals surface area contributed by atoms with Crippen LogP contribution in [0.2, 0.25) is 0 Å². The SMILES string of the molecule is C[NH+]1C=Nc2ccccc21.O=S(=O)([O-])C(F)(F)F. The van der Waals surface area contributed by atoms with Gasteiger partial charge >= 0.3 is 5.51 Å². The average Bonchev–Trinajstić information content (AvgIpc) is 2.59. The highest BCUT2D eigenvalue weighted by Gasteiger charge is 2.36. The monoisotopic (exact) mass is 282 g/mol. The molecule has 1 aromatic carbocycles. The zero-order valence-electron chi connectivity index (χ0n) is 9.10. The van der Waals surface area contributed by atoms with Crippen LogP contribution >= 0.6 is 0 Å². The van der Waals surface area contributed by atoms with E-state index in [2.05, 4.69) is 18.1 Å². The van der Waals surface area contributed by atoms with E-state index in [-0.39, 0.29) is 0 Å². The van der Waals surface area contributed by atoms with Gasteiger partial charge in [0, 0.05) is 6.07 Å². The zero-order valence-corrected chi connectivity index (χ0v) is 9.92. The predicted molar refractivity (Wildman–Crippen MR) is 56.9 cm³/mol. The third-order valence-corrected chi connectivity index (χ3v) is 2.58. The van der Waals surface area contributed by atoms with Crippen LogP contribution in [0.15, 0.2) is 29.3 Å². The summed E-state index contributed by atoms with van der Waals surface area (Å²) in [6.45, 7) is 0. The first-order valence-electron chi connectivity index (χ1n) is 4.62. The lowest BCUT2D eigenvalue weighted by Gasteiger charge is -2.08. The molecule has 1 N–H and O–H groups in total. The molecule has 1 unspecified atom stereocenters. The van der Waals surface area contributed by atoms with E-state index < -0.39 is 15.6 Å². The molecule has 9 heteroatoms. The summed E-state index contributed by atoms with van der Waals surface area (Å²) in [5.41, 5.74) is -3.28. The third-order valence-electron chi connectivity index (χ3n) is 2.01. The lowest BCUT2D eigenvalue weighted by Crippen LogP contribution is -3.01. The molecule has 0 fully saturated rings. The van der Waals surface area contributed by atoms with Gasteiger partial charge in [0.25, 0.3) is 0 Å². The molecule has 0 saturated carbocycles. The number of fused-ring (bicyclic) bond motifs is 1. The van der Waals surface area contributed by atoms with Crippen molar-refractivity contribution in [3.8, 4) is 0 Å². The van der Waals surface area contributed by atoms with Gasteiger partial charge in [-0.3, -0.25) is 4.90 Å². The summed E-state index contributed by atoms with van der Waals surface area (Å²) in [7, 11) is -4.01. The molecule has 0 spiro atoms. The van der Waals surface area contributed by atoms with E-state index in [0.29, 0.717) is 0 Å². The van der Waals surface area contributed by atoms with Crippen LogP contribution in [-0.4, -0.2) is 31.9 Å². The second-order valence-electron chi connectivity index (χ2n) is 3.36. The van der Waals surface area contributed by atoms with Crippen molar-refractivity contribution >= 4 is 27.8 Å². The lowest BCUT2D eigenvalue weighted by atomic mass is 10.3. The first kappa shape index (κ1) is 14.6. The molecule has 0 aliphatic carbocycles. The van der Waals surface area contributed by atoms with E-state index in [0.717, 1.165) is 5.69 Å². The molecule has 1 atom stereocenters. The van der Waals surface area contributed by atoms with Gasteiger partial charge in [-0.2, -0.15) is 18.2 Å². The van der Waals surface area contributed by atoms with Crippen molar-refractivity contribution in [2.45, 2.75) is 5.51 Å². The fourth-order valence-corrected chi connectivity index (χ4v) is 1.16. The Morgan fingerprint density at radius 3 is 2.22 bits per heavy atom. The maximum Gasteiger partial charge on any atom is 0.485 e. The van der Waals surface area contributed by atoms with Crippen molar-refractivity contribution in [3.05, 3.63) is 24.3 Å². The van der Waals surface area contributed by atoms with E-state index in [1.807, 2.05) is 24.5 Å². The molecule has 0 aromatic heterocycles. The summed E-state index contributed by atoms with van der Waals surface area (Å²) in [4.78, 5) is 5.48. The Balaban J connectivity index is 0.000000187. The van der Waals surface area contributed by atoms with Gasteiger partial charge in [0.2, 0.25) is 0 Å². The van der Waals surface area contributed by atoms with Crippen molar-refractivity contribution in [1.29, 1.82) is 0 Å². The minimum atomic E-state index is -6.09. The van der Waals surface area contributed by atoms with Crippen LogP contribution in [0.3, 0.4) is 0 Å². The minimum Gasteiger partial charge on any atom is -0.741 e. The van der Waals surface area contributed by atoms with E-state index >= 15 is 0 Å². The average molecular weight is 282 g/mol. The van der Waals surface area contributed by atoms with Crippen LogP contribution in [0.25, 0.3) is 0 Å². The summed E-state index contributed by atoms with van der Waals surface area (Å²) < 4.78 is 58.9.